The van der Waals surface area contributed by atoms with E-state index < -0.39 is 0 Å². The van der Waals surface area contributed by atoms with Gasteiger partial charge in [0.2, 0.25) is 0 Å². The Balaban J connectivity index is 0.868. The normalized spacial score (nSPS) is 13.1. The maximum absolute atomic E-state index is 6.33. The van der Waals surface area contributed by atoms with E-state index in [1.54, 1.807) is 0 Å². The molecule has 0 amide bonds. The summed E-state index contributed by atoms with van der Waals surface area (Å²) in [5.41, 5.74) is 15.4. The van der Waals surface area contributed by atoms with Crippen LogP contribution in [0.4, 0.5) is 0 Å². The lowest BCUT2D eigenvalue weighted by atomic mass is 9.81. The molecule has 15 rings (SSSR count). The summed E-state index contributed by atoms with van der Waals surface area (Å²) in [5.74, 6) is 1.80. The third kappa shape index (κ3) is 5.80. The molecule has 6 heteroatoms. The number of aromatic nitrogens is 4. The van der Waals surface area contributed by atoms with E-state index in [0.29, 0.717) is 17.5 Å². The van der Waals surface area contributed by atoms with Gasteiger partial charge in [-0.3, -0.25) is 0 Å². The fourth-order valence-electron chi connectivity index (χ4n) is 11.3. The molecule has 328 valence electrons. The van der Waals surface area contributed by atoms with Crippen LogP contribution in [0.3, 0.4) is 0 Å². The molecule has 5 nitrogen and oxygen atoms in total. The van der Waals surface area contributed by atoms with Gasteiger partial charge in [0, 0.05) is 69.5 Å². The molecule has 10 aromatic carbocycles. The first kappa shape index (κ1) is 39.3. The highest BCUT2D eigenvalue weighted by atomic mass is 32.1. The Bertz CT molecular complexity index is 4520. The summed E-state index contributed by atoms with van der Waals surface area (Å²) in [6.45, 7) is 4.76. The van der Waals surface area contributed by atoms with Gasteiger partial charge in [0.05, 0.1) is 11.0 Å². The molecule has 0 saturated carbocycles. The predicted molar refractivity (Wildman–Crippen MR) is 291 cm³/mol. The molecule has 0 N–H and O–H groups in total. The first-order valence-corrected chi connectivity index (χ1v) is 24.6. The largest absolute Gasteiger partial charge is 0.456 e. The Morgan fingerprint density at radius 3 is 1.90 bits per heavy atom. The van der Waals surface area contributed by atoms with Gasteiger partial charge in [0.1, 0.15) is 11.2 Å². The van der Waals surface area contributed by atoms with Crippen molar-refractivity contribution in [2.45, 2.75) is 19.3 Å². The molecular formula is C64H40N4OS. The zero-order chi connectivity index (χ0) is 46.2. The summed E-state index contributed by atoms with van der Waals surface area (Å²) in [7, 11) is 0. The molecule has 0 bridgehead atoms. The average Bonchev–Trinajstić information content (AvgIpc) is 4.14. The van der Waals surface area contributed by atoms with Gasteiger partial charge >= 0.3 is 0 Å². The van der Waals surface area contributed by atoms with E-state index in [1.165, 1.54) is 80.7 Å². The van der Waals surface area contributed by atoms with Gasteiger partial charge in [-0.1, -0.05) is 141 Å². The lowest BCUT2D eigenvalue weighted by molar-refractivity contribution is 0.661. The van der Waals surface area contributed by atoms with E-state index >= 15 is 0 Å². The number of fused-ring (bicyclic) bond motifs is 13. The molecule has 14 aromatic rings. The van der Waals surface area contributed by atoms with Crippen molar-refractivity contribution in [3.05, 3.63) is 217 Å². The van der Waals surface area contributed by atoms with Crippen LogP contribution < -0.4 is 0 Å². The number of para-hydroxylation sites is 2. The second-order valence-corrected chi connectivity index (χ2v) is 20.2. The number of hydrogen-bond acceptors (Lipinski definition) is 5. The first-order valence-electron chi connectivity index (χ1n) is 23.8. The molecule has 0 aliphatic heterocycles. The maximum atomic E-state index is 6.33. The molecule has 0 radical (unpaired) electrons. The van der Waals surface area contributed by atoms with Gasteiger partial charge in [-0.15, -0.1) is 11.3 Å². The van der Waals surface area contributed by atoms with Crippen molar-refractivity contribution in [2.24, 2.45) is 0 Å². The number of furan rings is 1. The molecule has 0 fully saturated rings. The standard InChI is InChI=1S/C64H40N4OS/c1-64(2)53-31-27-40(44-17-11-18-49-48-16-7-10-21-59(48)70-60(44)49)33-50(53)51-36-56-52(35-54(51)64)45-14-5-8-19-55(45)68(56)43-28-24-38(25-29-43)61-65-62(41-23-22-37-12-3-4-13-39(37)32-41)67-63(66-61)42-26-30-47-46-15-6-9-20-57(46)69-58(47)34-42/h3-36H,1-2H3. The highest BCUT2D eigenvalue weighted by molar-refractivity contribution is 7.26. The molecule has 0 atom stereocenters. The minimum Gasteiger partial charge on any atom is -0.456 e. The van der Waals surface area contributed by atoms with E-state index in [1.807, 2.05) is 35.6 Å². The number of benzene rings is 10. The molecule has 0 saturated heterocycles. The maximum Gasteiger partial charge on any atom is 0.164 e. The lowest BCUT2D eigenvalue weighted by Gasteiger charge is -2.22. The second-order valence-electron chi connectivity index (χ2n) is 19.2. The van der Waals surface area contributed by atoms with Crippen LogP contribution in [0.5, 0.6) is 0 Å². The molecule has 0 spiro atoms. The highest BCUT2D eigenvalue weighted by Gasteiger charge is 2.37. The Morgan fingerprint density at radius 2 is 1.04 bits per heavy atom. The Hall–Kier alpha value is -8.71. The third-order valence-corrected chi connectivity index (χ3v) is 16.1. The van der Waals surface area contributed by atoms with Crippen molar-refractivity contribution in [3.63, 3.8) is 0 Å². The topological polar surface area (TPSA) is 56.7 Å². The van der Waals surface area contributed by atoms with Crippen LogP contribution in [0.25, 0.3) is 137 Å². The third-order valence-electron chi connectivity index (χ3n) is 14.8. The van der Waals surface area contributed by atoms with E-state index in [9.17, 15) is 0 Å². The fourth-order valence-corrected chi connectivity index (χ4v) is 12.6. The van der Waals surface area contributed by atoms with E-state index in [-0.39, 0.29) is 5.41 Å². The van der Waals surface area contributed by atoms with Crippen molar-refractivity contribution in [1.82, 2.24) is 19.5 Å². The molecule has 0 unspecified atom stereocenters. The summed E-state index contributed by atoms with van der Waals surface area (Å²) in [5, 5.41) is 9.57. The fraction of sp³-hybridized carbons (Fsp3) is 0.0469. The summed E-state index contributed by atoms with van der Waals surface area (Å²) >= 11 is 1.89. The summed E-state index contributed by atoms with van der Waals surface area (Å²) in [4.78, 5) is 15.5. The molecule has 4 heterocycles. The van der Waals surface area contributed by atoms with Crippen LogP contribution in [-0.4, -0.2) is 19.5 Å². The predicted octanol–water partition coefficient (Wildman–Crippen LogP) is 17.4. The number of thiophene rings is 1. The van der Waals surface area contributed by atoms with Crippen molar-refractivity contribution >= 4 is 86.0 Å². The number of hydrogen-bond donors (Lipinski definition) is 0. The van der Waals surface area contributed by atoms with Crippen LogP contribution in [0.1, 0.15) is 25.0 Å². The van der Waals surface area contributed by atoms with E-state index in [2.05, 4.69) is 200 Å². The van der Waals surface area contributed by atoms with E-state index in [4.69, 9.17) is 19.4 Å². The minimum atomic E-state index is -0.168. The highest BCUT2D eigenvalue weighted by Crippen LogP contribution is 2.53. The quantitative estimate of drug-likeness (QED) is 0.173. The molecule has 70 heavy (non-hydrogen) atoms. The van der Waals surface area contributed by atoms with Gasteiger partial charge in [0.25, 0.3) is 0 Å². The van der Waals surface area contributed by atoms with Crippen molar-refractivity contribution in [3.8, 4) is 62.1 Å². The van der Waals surface area contributed by atoms with Crippen LogP contribution in [0, 0.1) is 0 Å². The smallest absolute Gasteiger partial charge is 0.164 e. The number of rotatable bonds is 5. The van der Waals surface area contributed by atoms with Crippen LogP contribution >= 0.6 is 11.3 Å². The van der Waals surface area contributed by atoms with Crippen molar-refractivity contribution in [1.29, 1.82) is 0 Å². The van der Waals surface area contributed by atoms with E-state index in [0.717, 1.165) is 49.7 Å². The Kier molecular flexibility index (Phi) is 8.22. The Labute approximate surface area is 406 Å². The molecule has 1 aliphatic rings. The van der Waals surface area contributed by atoms with Gasteiger partial charge in [-0.25, -0.2) is 15.0 Å². The molecule has 4 aromatic heterocycles. The summed E-state index contributed by atoms with van der Waals surface area (Å²) in [6, 6.07) is 74.3. The Morgan fingerprint density at radius 1 is 0.400 bits per heavy atom. The summed E-state index contributed by atoms with van der Waals surface area (Å²) < 4.78 is 11.4. The minimum absolute atomic E-state index is 0.168. The number of nitrogens with zero attached hydrogens (tertiary/aromatic N) is 4. The van der Waals surface area contributed by atoms with Gasteiger partial charge in [0.15, 0.2) is 17.5 Å². The monoisotopic (exact) mass is 912 g/mol. The zero-order valence-corrected chi connectivity index (χ0v) is 39.1. The summed E-state index contributed by atoms with van der Waals surface area (Å²) in [6.07, 6.45) is 0. The SMILES string of the molecule is CC1(C)c2ccc(-c3cccc4c3sc3ccccc34)cc2-c2cc3c(cc21)c1ccccc1n3-c1ccc(-c2nc(-c3ccc4ccccc4c3)nc(-c3ccc4c(c3)oc3ccccc34)n2)cc1. The second kappa shape index (κ2) is 14.6. The van der Waals surface area contributed by atoms with Crippen molar-refractivity contribution in [2.75, 3.05) is 0 Å². The molecule has 1 aliphatic carbocycles. The van der Waals surface area contributed by atoms with Crippen molar-refractivity contribution < 1.29 is 4.42 Å². The first-order chi connectivity index (χ1) is 34.4. The van der Waals surface area contributed by atoms with Gasteiger partial charge in [-0.05, 0) is 123 Å². The lowest BCUT2D eigenvalue weighted by Crippen LogP contribution is -2.14. The van der Waals surface area contributed by atoms with Crippen LogP contribution in [0.2, 0.25) is 0 Å². The van der Waals surface area contributed by atoms with Crippen LogP contribution in [-0.2, 0) is 5.41 Å². The van der Waals surface area contributed by atoms with Gasteiger partial charge in [-0.2, -0.15) is 0 Å². The van der Waals surface area contributed by atoms with Crippen LogP contribution in [0.15, 0.2) is 211 Å². The molecular weight excluding hydrogens is 873 g/mol. The zero-order valence-electron chi connectivity index (χ0n) is 38.2. The van der Waals surface area contributed by atoms with Gasteiger partial charge < -0.3 is 8.98 Å². The average molecular weight is 913 g/mol.